The third kappa shape index (κ3) is 4.81. The van der Waals surface area contributed by atoms with Gasteiger partial charge in [0.2, 0.25) is 0 Å². The van der Waals surface area contributed by atoms with E-state index >= 15 is 0 Å². The number of carboxylic acid groups (broad SMARTS) is 1. The Morgan fingerprint density at radius 3 is 2.74 bits per heavy atom. The standard InChI is InChI=1S/C12H13BrClNO4/c1-19-5-4-10(12(17)18)15-11(16)7-2-3-8(13)9(14)6-7/h2-3,6,10H,4-5H2,1H3,(H,15,16)(H,17,18). The van der Waals surface area contributed by atoms with Gasteiger partial charge in [0.15, 0.2) is 0 Å². The van der Waals surface area contributed by atoms with Crippen molar-refractivity contribution >= 4 is 39.4 Å². The zero-order valence-corrected chi connectivity index (χ0v) is 12.5. The fourth-order valence-corrected chi connectivity index (χ4v) is 1.80. The summed E-state index contributed by atoms with van der Waals surface area (Å²) in [5.41, 5.74) is 0.303. The van der Waals surface area contributed by atoms with Gasteiger partial charge in [-0.25, -0.2) is 4.79 Å². The third-order valence-electron chi connectivity index (χ3n) is 2.40. The highest BCUT2D eigenvalue weighted by Crippen LogP contribution is 2.23. The summed E-state index contributed by atoms with van der Waals surface area (Å²) in [7, 11) is 1.47. The fourth-order valence-electron chi connectivity index (χ4n) is 1.37. The molecule has 1 rings (SSSR count). The molecule has 2 N–H and O–H groups in total. The average molecular weight is 351 g/mol. The minimum absolute atomic E-state index is 0.196. The lowest BCUT2D eigenvalue weighted by Gasteiger charge is -2.14. The summed E-state index contributed by atoms with van der Waals surface area (Å²) in [6.45, 7) is 0.248. The maximum absolute atomic E-state index is 11.9. The van der Waals surface area contributed by atoms with Crippen LogP contribution in [0.15, 0.2) is 22.7 Å². The lowest BCUT2D eigenvalue weighted by molar-refractivity contribution is -0.139. The summed E-state index contributed by atoms with van der Waals surface area (Å²) in [4.78, 5) is 22.9. The number of carboxylic acids is 1. The van der Waals surface area contributed by atoms with Crippen molar-refractivity contribution < 1.29 is 19.4 Å². The number of ether oxygens (including phenoxy) is 1. The molecule has 0 heterocycles. The molecule has 0 aliphatic heterocycles. The smallest absolute Gasteiger partial charge is 0.326 e. The minimum Gasteiger partial charge on any atom is -0.480 e. The summed E-state index contributed by atoms with van der Waals surface area (Å²) >= 11 is 9.09. The van der Waals surface area contributed by atoms with Crippen LogP contribution in [0.25, 0.3) is 0 Å². The summed E-state index contributed by atoms with van der Waals surface area (Å²) < 4.78 is 5.47. The van der Waals surface area contributed by atoms with Crippen LogP contribution in [0.4, 0.5) is 0 Å². The molecule has 7 heteroatoms. The average Bonchev–Trinajstić information content (AvgIpc) is 2.37. The largest absolute Gasteiger partial charge is 0.480 e. The van der Waals surface area contributed by atoms with E-state index in [1.54, 1.807) is 12.1 Å². The normalized spacial score (nSPS) is 11.9. The van der Waals surface area contributed by atoms with Crippen molar-refractivity contribution in [2.45, 2.75) is 12.5 Å². The number of carbonyl (C=O) groups is 2. The predicted octanol–water partition coefficient (Wildman–Crippen LogP) is 2.32. The Balaban J connectivity index is 2.75. The van der Waals surface area contributed by atoms with Crippen molar-refractivity contribution in [3.63, 3.8) is 0 Å². The van der Waals surface area contributed by atoms with Gasteiger partial charge in [-0.1, -0.05) is 11.6 Å². The van der Waals surface area contributed by atoms with Gasteiger partial charge in [-0.05, 0) is 34.1 Å². The van der Waals surface area contributed by atoms with Gasteiger partial charge in [0.05, 0.1) is 5.02 Å². The van der Waals surface area contributed by atoms with Crippen LogP contribution in [0, 0.1) is 0 Å². The van der Waals surface area contributed by atoms with E-state index < -0.39 is 17.9 Å². The van der Waals surface area contributed by atoms with Crippen LogP contribution in [0.2, 0.25) is 5.02 Å². The van der Waals surface area contributed by atoms with Crippen LogP contribution < -0.4 is 5.32 Å². The van der Waals surface area contributed by atoms with E-state index in [1.807, 2.05) is 0 Å². The number of benzene rings is 1. The second kappa shape index (κ2) is 7.47. The maximum atomic E-state index is 11.9. The summed E-state index contributed by atoms with van der Waals surface area (Å²) in [6.07, 6.45) is 0.196. The van der Waals surface area contributed by atoms with Crippen molar-refractivity contribution in [3.05, 3.63) is 33.3 Å². The zero-order valence-electron chi connectivity index (χ0n) is 10.2. The van der Waals surface area contributed by atoms with Crippen LogP contribution in [0.5, 0.6) is 0 Å². The Labute approximate surface area is 124 Å². The van der Waals surface area contributed by atoms with Gasteiger partial charge in [-0.3, -0.25) is 4.79 Å². The molecular formula is C12H13BrClNO4. The van der Waals surface area contributed by atoms with Crippen molar-refractivity contribution in [1.82, 2.24) is 5.32 Å². The molecule has 0 saturated carbocycles. The van der Waals surface area contributed by atoms with Crippen LogP contribution in [-0.4, -0.2) is 36.7 Å². The third-order valence-corrected chi connectivity index (χ3v) is 3.63. The first-order valence-corrected chi connectivity index (χ1v) is 6.60. The molecule has 0 aromatic heterocycles. The second-order valence-corrected chi connectivity index (χ2v) is 5.04. The number of methoxy groups -OCH3 is 1. The minimum atomic E-state index is -1.10. The summed E-state index contributed by atoms with van der Waals surface area (Å²) in [5.74, 6) is -1.59. The quantitative estimate of drug-likeness (QED) is 0.825. The van der Waals surface area contributed by atoms with Crippen LogP contribution >= 0.6 is 27.5 Å². The molecule has 5 nitrogen and oxygen atoms in total. The van der Waals surface area contributed by atoms with E-state index in [1.165, 1.54) is 13.2 Å². The molecule has 0 bridgehead atoms. The van der Waals surface area contributed by atoms with E-state index in [-0.39, 0.29) is 13.0 Å². The Morgan fingerprint density at radius 1 is 1.53 bits per heavy atom. The molecule has 1 unspecified atom stereocenters. The van der Waals surface area contributed by atoms with E-state index in [2.05, 4.69) is 21.2 Å². The van der Waals surface area contributed by atoms with E-state index in [4.69, 9.17) is 21.4 Å². The number of carbonyl (C=O) groups excluding carboxylic acids is 1. The number of aliphatic carboxylic acids is 1. The predicted molar refractivity (Wildman–Crippen MR) is 74.5 cm³/mol. The van der Waals surface area contributed by atoms with Gasteiger partial charge < -0.3 is 15.2 Å². The molecule has 1 aromatic carbocycles. The van der Waals surface area contributed by atoms with Gasteiger partial charge in [-0.2, -0.15) is 0 Å². The lowest BCUT2D eigenvalue weighted by Crippen LogP contribution is -2.41. The number of amides is 1. The number of hydrogen-bond acceptors (Lipinski definition) is 3. The topological polar surface area (TPSA) is 75.6 Å². The van der Waals surface area contributed by atoms with Crippen molar-refractivity contribution in [2.24, 2.45) is 0 Å². The zero-order chi connectivity index (χ0) is 14.4. The van der Waals surface area contributed by atoms with Crippen LogP contribution in [-0.2, 0) is 9.53 Å². The first-order chi connectivity index (χ1) is 8.95. The summed E-state index contributed by atoms with van der Waals surface area (Å²) in [5, 5.41) is 11.8. The molecule has 1 aromatic rings. The Kier molecular flexibility index (Phi) is 6.27. The molecular weight excluding hydrogens is 337 g/mol. The van der Waals surface area contributed by atoms with Crippen LogP contribution in [0.3, 0.4) is 0 Å². The van der Waals surface area contributed by atoms with Gasteiger partial charge in [0, 0.05) is 30.2 Å². The molecule has 0 radical (unpaired) electrons. The maximum Gasteiger partial charge on any atom is 0.326 e. The summed E-state index contributed by atoms with van der Waals surface area (Å²) in [6, 6.07) is 3.66. The highest BCUT2D eigenvalue weighted by Gasteiger charge is 2.20. The highest BCUT2D eigenvalue weighted by atomic mass is 79.9. The van der Waals surface area contributed by atoms with Gasteiger partial charge in [-0.15, -0.1) is 0 Å². The fraction of sp³-hybridized carbons (Fsp3) is 0.333. The lowest BCUT2D eigenvalue weighted by atomic mass is 10.1. The number of halogens is 2. The van der Waals surface area contributed by atoms with Crippen molar-refractivity contribution in [3.8, 4) is 0 Å². The van der Waals surface area contributed by atoms with Crippen LogP contribution in [0.1, 0.15) is 16.8 Å². The molecule has 0 saturated heterocycles. The van der Waals surface area contributed by atoms with Gasteiger partial charge >= 0.3 is 5.97 Å². The van der Waals surface area contributed by atoms with Crippen molar-refractivity contribution in [2.75, 3.05) is 13.7 Å². The Hall–Kier alpha value is -1.11. The number of hydrogen-bond donors (Lipinski definition) is 2. The second-order valence-electron chi connectivity index (χ2n) is 3.77. The molecule has 0 aliphatic rings. The Morgan fingerprint density at radius 2 is 2.21 bits per heavy atom. The molecule has 0 spiro atoms. The highest BCUT2D eigenvalue weighted by molar-refractivity contribution is 9.10. The molecule has 19 heavy (non-hydrogen) atoms. The Bertz CT molecular complexity index is 481. The van der Waals surface area contributed by atoms with E-state index in [9.17, 15) is 9.59 Å². The number of nitrogens with one attached hydrogen (secondary N) is 1. The molecule has 1 amide bonds. The van der Waals surface area contributed by atoms with Gasteiger partial charge in [0.1, 0.15) is 6.04 Å². The molecule has 0 aliphatic carbocycles. The first kappa shape index (κ1) is 15.9. The SMILES string of the molecule is COCCC(NC(=O)c1ccc(Br)c(Cl)c1)C(=O)O. The monoisotopic (exact) mass is 349 g/mol. The van der Waals surface area contributed by atoms with Crippen molar-refractivity contribution in [1.29, 1.82) is 0 Å². The molecule has 0 fully saturated rings. The number of rotatable bonds is 6. The van der Waals surface area contributed by atoms with E-state index in [0.717, 1.165) is 0 Å². The van der Waals surface area contributed by atoms with E-state index in [0.29, 0.717) is 15.1 Å². The molecule has 104 valence electrons. The van der Waals surface area contributed by atoms with Gasteiger partial charge in [0.25, 0.3) is 5.91 Å². The first-order valence-electron chi connectivity index (χ1n) is 5.43. The molecule has 1 atom stereocenters.